The van der Waals surface area contributed by atoms with Crippen LogP contribution in [0.4, 0.5) is 5.82 Å². The van der Waals surface area contributed by atoms with Gasteiger partial charge in [-0.05, 0) is 45.1 Å². The van der Waals surface area contributed by atoms with Crippen molar-refractivity contribution in [1.29, 1.82) is 0 Å². The molecule has 0 aromatic carbocycles. The summed E-state index contributed by atoms with van der Waals surface area (Å²) in [5.41, 5.74) is 7.22. The third-order valence-corrected chi connectivity index (χ3v) is 3.97. The molecule has 18 heavy (non-hydrogen) atoms. The van der Waals surface area contributed by atoms with Gasteiger partial charge in [-0.1, -0.05) is 0 Å². The predicted octanol–water partition coefficient (Wildman–Crippen LogP) is 2.76. The van der Waals surface area contributed by atoms with E-state index in [-0.39, 0.29) is 5.91 Å². The topological polar surface area (TPSA) is 59.2 Å². The first-order valence-corrected chi connectivity index (χ1v) is 6.93. The lowest BCUT2D eigenvalue weighted by atomic mass is 10.2. The Balaban J connectivity index is 2.09. The van der Waals surface area contributed by atoms with Gasteiger partial charge in [0.2, 0.25) is 0 Å². The van der Waals surface area contributed by atoms with Crippen molar-refractivity contribution in [2.24, 2.45) is 0 Å². The van der Waals surface area contributed by atoms with Gasteiger partial charge in [0.15, 0.2) is 0 Å². The number of nitrogens with zero attached hydrogens (tertiary/aromatic N) is 2. The highest BCUT2D eigenvalue weighted by Gasteiger charge is 2.13. The zero-order valence-electron chi connectivity index (χ0n) is 9.76. The summed E-state index contributed by atoms with van der Waals surface area (Å²) in [5, 5.41) is 2.02. The van der Waals surface area contributed by atoms with E-state index in [9.17, 15) is 4.79 Å². The van der Waals surface area contributed by atoms with E-state index in [2.05, 4.69) is 20.9 Å². The molecule has 0 unspecified atom stereocenters. The van der Waals surface area contributed by atoms with Crippen LogP contribution in [-0.2, 0) is 6.54 Å². The van der Waals surface area contributed by atoms with Crippen LogP contribution in [0.15, 0.2) is 33.6 Å². The summed E-state index contributed by atoms with van der Waals surface area (Å²) in [5.74, 6) is 0.291. The highest BCUT2D eigenvalue weighted by molar-refractivity contribution is 9.11. The Morgan fingerprint density at radius 3 is 2.94 bits per heavy atom. The zero-order chi connectivity index (χ0) is 13.1. The molecule has 2 aromatic rings. The van der Waals surface area contributed by atoms with Crippen molar-refractivity contribution in [3.05, 3.63) is 44.7 Å². The molecule has 0 aliphatic rings. The largest absolute Gasteiger partial charge is 0.384 e. The SMILES string of the molecule is CN(Cc1csc(Br)c1)C(=O)c1ccnc(N)c1. The molecule has 2 rings (SSSR count). The van der Waals surface area contributed by atoms with Crippen LogP contribution in [0.3, 0.4) is 0 Å². The summed E-state index contributed by atoms with van der Waals surface area (Å²) in [4.78, 5) is 17.7. The number of aromatic nitrogens is 1. The average Bonchev–Trinajstić information content (AvgIpc) is 2.73. The van der Waals surface area contributed by atoms with Gasteiger partial charge in [0.25, 0.3) is 5.91 Å². The second kappa shape index (κ2) is 5.49. The van der Waals surface area contributed by atoms with E-state index in [4.69, 9.17) is 5.73 Å². The maximum absolute atomic E-state index is 12.1. The zero-order valence-corrected chi connectivity index (χ0v) is 12.2. The first-order valence-electron chi connectivity index (χ1n) is 5.26. The lowest BCUT2D eigenvalue weighted by molar-refractivity contribution is 0.0785. The number of hydrogen-bond donors (Lipinski definition) is 1. The van der Waals surface area contributed by atoms with Gasteiger partial charge in [0, 0.05) is 25.4 Å². The Kier molecular flexibility index (Phi) is 3.98. The van der Waals surface area contributed by atoms with Crippen LogP contribution in [0.5, 0.6) is 0 Å². The molecule has 0 saturated carbocycles. The number of carbonyl (C=O) groups is 1. The molecular formula is C12H12BrN3OS. The van der Waals surface area contributed by atoms with Crippen molar-refractivity contribution >= 4 is 39.0 Å². The Bertz CT molecular complexity index is 570. The summed E-state index contributed by atoms with van der Waals surface area (Å²) >= 11 is 5.01. The Labute approximate surface area is 118 Å². The first-order chi connectivity index (χ1) is 8.56. The second-order valence-electron chi connectivity index (χ2n) is 3.89. The van der Waals surface area contributed by atoms with Crippen LogP contribution in [0.25, 0.3) is 0 Å². The highest BCUT2D eigenvalue weighted by Crippen LogP contribution is 2.21. The first kappa shape index (κ1) is 13.0. The number of thiophene rings is 1. The number of carbonyl (C=O) groups excluding carboxylic acids is 1. The van der Waals surface area contributed by atoms with Crippen molar-refractivity contribution in [2.45, 2.75) is 6.54 Å². The number of nitrogens with two attached hydrogens (primary N) is 1. The lowest BCUT2D eigenvalue weighted by Gasteiger charge is -2.16. The Morgan fingerprint density at radius 1 is 1.56 bits per heavy atom. The third kappa shape index (κ3) is 3.08. The van der Waals surface area contributed by atoms with Crippen LogP contribution in [0.1, 0.15) is 15.9 Å². The smallest absolute Gasteiger partial charge is 0.254 e. The monoisotopic (exact) mass is 325 g/mol. The predicted molar refractivity (Wildman–Crippen MR) is 76.5 cm³/mol. The van der Waals surface area contributed by atoms with Crippen LogP contribution in [0.2, 0.25) is 0 Å². The maximum Gasteiger partial charge on any atom is 0.254 e. The Morgan fingerprint density at radius 2 is 2.33 bits per heavy atom. The maximum atomic E-state index is 12.1. The number of halogens is 1. The van der Waals surface area contributed by atoms with Gasteiger partial charge >= 0.3 is 0 Å². The molecule has 0 bridgehead atoms. The van der Waals surface area contributed by atoms with Crippen LogP contribution in [0, 0.1) is 0 Å². The molecule has 2 N–H and O–H groups in total. The number of nitrogen functional groups attached to an aromatic ring is 1. The number of pyridine rings is 1. The van der Waals surface area contributed by atoms with Gasteiger partial charge in [-0.15, -0.1) is 11.3 Å². The van der Waals surface area contributed by atoms with E-state index in [0.29, 0.717) is 17.9 Å². The highest BCUT2D eigenvalue weighted by atomic mass is 79.9. The minimum Gasteiger partial charge on any atom is -0.384 e. The van der Waals surface area contributed by atoms with Gasteiger partial charge in [-0.2, -0.15) is 0 Å². The standard InChI is InChI=1S/C12H12BrN3OS/c1-16(6-8-4-10(13)18-7-8)12(17)9-2-3-15-11(14)5-9/h2-5,7H,6H2,1H3,(H2,14,15). The number of amides is 1. The van der Waals surface area contributed by atoms with Gasteiger partial charge in [0.05, 0.1) is 3.79 Å². The molecule has 2 heterocycles. The van der Waals surface area contributed by atoms with Crippen molar-refractivity contribution in [2.75, 3.05) is 12.8 Å². The van der Waals surface area contributed by atoms with Crippen molar-refractivity contribution in [3.8, 4) is 0 Å². The van der Waals surface area contributed by atoms with Crippen LogP contribution in [-0.4, -0.2) is 22.8 Å². The summed E-state index contributed by atoms with van der Waals surface area (Å²) in [6, 6.07) is 5.26. The molecule has 0 radical (unpaired) electrons. The molecule has 0 saturated heterocycles. The molecule has 0 aliphatic carbocycles. The number of hydrogen-bond acceptors (Lipinski definition) is 4. The molecule has 0 aliphatic heterocycles. The quantitative estimate of drug-likeness (QED) is 0.943. The van der Waals surface area contributed by atoms with Gasteiger partial charge in [-0.25, -0.2) is 4.98 Å². The van der Waals surface area contributed by atoms with Crippen molar-refractivity contribution in [3.63, 3.8) is 0 Å². The van der Waals surface area contributed by atoms with Crippen LogP contribution < -0.4 is 5.73 Å². The molecule has 4 nitrogen and oxygen atoms in total. The second-order valence-corrected chi connectivity index (χ2v) is 6.18. The molecule has 1 amide bonds. The number of rotatable bonds is 3. The van der Waals surface area contributed by atoms with E-state index in [1.807, 2.05) is 11.4 Å². The van der Waals surface area contributed by atoms with Crippen molar-refractivity contribution in [1.82, 2.24) is 9.88 Å². The third-order valence-electron chi connectivity index (χ3n) is 2.42. The normalized spacial score (nSPS) is 10.3. The Hall–Kier alpha value is -1.40. The minimum absolute atomic E-state index is 0.0635. The molecule has 0 fully saturated rings. The van der Waals surface area contributed by atoms with Gasteiger partial charge in [-0.3, -0.25) is 4.79 Å². The fourth-order valence-electron chi connectivity index (χ4n) is 1.58. The summed E-state index contributed by atoms with van der Waals surface area (Å²) in [6.07, 6.45) is 1.54. The van der Waals surface area contributed by atoms with Gasteiger partial charge < -0.3 is 10.6 Å². The molecule has 94 valence electrons. The van der Waals surface area contributed by atoms with Crippen LogP contribution >= 0.6 is 27.3 Å². The lowest BCUT2D eigenvalue weighted by Crippen LogP contribution is -2.26. The van der Waals surface area contributed by atoms with E-state index in [1.54, 1.807) is 35.4 Å². The van der Waals surface area contributed by atoms with Gasteiger partial charge in [0.1, 0.15) is 5.82 Å². The summed E-state index contributed by atoms with van der Waals surface area (Å²) < 4.78 is 1.06. The molecule has 2 aromatic heterocycles. The molecule has 6 heteroatoms. The average molecular weight is 326 g/mol. The summed E-state index contributed by atoms with van der Waals surface area (Å²) in [6.45, 7) is 0.573. The van der Waals surface area contributed by atoms with E-state index in [0.717, 1.165) is 9.35 Å². The van der Waals surface area contributed by atoms with E-state index < -0.39 is 0 Å². The van der Waals surface area contributed by atoms with E-state index >= 15 is 0 Å². The van der Waals surface area contributed by atoms with E-state index in [1.165, 1.54) is 6.20 Å². The fourth-order valence-corrected chi connectivity index (χ4v) is 2.78. The number of anilines is 1. The fraction of sp³-hybridized carbons (Fsp3) is 0.167. The van der Waals surface area contributed by atoms with Crippen molar-refractivity contribution < 1.29 is 4.79 Å². The minimum atomic E-state index is -0.0635. The molecule has 0 spiro atoms. The molecular weight excluding hydrogens is 314 g/mol. The molecule has 0 atom stereocenters. The summed E-state index contributed by atoms with van der Waals surface area (Å²) in [7, 11) is 1.77.